The molecule has 6 heteroatoms. The minimum atomic E-state index is -0.452. The molecule has 0 atom stereocenters. The second-order valence-electron chi connectivity index (χ2n) is 8.72. The van der Waals surface area contributed by atoms with E-state index in [1.807, 2.05) is 45.0 Å². The average molecular weight is 412 g/mol. The number of rotatable bonds is 6. The molecule has 1 aliphatic heterocycles. The number of nitrogens with two attached hydrogens (primary N) is 1. The zero-order valence-corrected chi connectivity index (χ0v) is 18.3. The Morgan fingerprint density at radius 2 is 1.50 bits per heavy atom. The molecule has 1 aliphatic rings. The fraction of sp³-hybridized carbons (Fsp3) is 0.458. The highest BCUT2D eigenvalue weighted by Crippen LogP contribution is 2.17. The summed E-state index contributed by atoms with van der Waals surface area (Å²) < 4.78 is 11.3. The highest BCUT2D eigenvalue weighted by molar-refractivity contribution is 5.68. The summed E-state index contributed by atoms with van der Waals surface area (Å²) in [5, 5.41) is 0. The van der Waals surface area contributed by atoms with Crippen molar-refractivity contribution in [1.29, 1.82) is 0 Å². The topological polar surface area (TPSA) is 68.0 Å². The molecule has 0 aliphatic carbocycles. The van der Waals surface area contributed by atoms with Crippen LogP contribution < -0.4 is 10.5 Å². The third-order valence-electron chi connectivity index (χ3n) is 5.01. The molecule has 2 aromatic carbocycles. The van der Waals surface area contributed by atoms with Crippen molar-refractivity contribution >= 4 is 11.8 Å². The monoisotopic (exact) mass is 411 g/mol. The van der Waals surface area contributed by atoms with E-state index in [1.165, 1.54) is 11.1 Å². The zero-order chi connectivity index (χ0) is 21.6. The van der Waals surface area contributed by atoms with Crippen LogP contribution >= 0.6 is 0 Å². The summed E-state index contributed by atoms with van der Waals surface area (Å²) in [5.41, 5.74) is 8.55. The molecule has 3 rings (SSSR count). The minimum Gasteiger partial charge on any atom is -0.492 e. The molecule has 0 bridgehead atoms. The van der Waals surface area contributed by atoms with Crippen molar-refractivity contribution in [3.63, 3.8) is 0 Å². The van der Waals surface area contributed by atoms with E-state index in [0.717, 1.165) is 37.5 Å². The van der Waals surface area contributed by atoms with E-state index in [2.05, 4.69) is 29.2 Å². The highest BCUT2D eigenvalue weighted by atomic mass is 16.6. The Kier molecular flexibility index (Phi) is 7.21. The third-order valence-corrected chi connectivity index (χ3v) is 5.01. The Hall–Kier alpha value is -2.73. The Bertz CT molecular complexity index is 805. The maximum atomic E-state index is 12.1. The molecule has 30 heavy (non-hydrogen) atoms. The van der Waals surface area contributed by atoms with Crippen LogP contribution in [0.2, 0.25) is 0 Å². The number of nitrogens with zero attached hydrogens (tertiary/aromatic N) is 2. The van der Waals surface area contributed by atoms with Gasteiger partial charge in [-0.15, -0.1) is 0 Å². The molecule has 0 radical (unpaired) electrons. The van der Waals surface area contributed by atoms with Gasteiger partial charge in [0.25, 0.3) is 0 Å². The van der Waals surface area contributed by atoms with Crippen molar-refractivity contribution in [2.24, 2.45) is 0 Å². The van der Waals surface area contributed by atoms with Gasteiger partial charge in [-0.25, -0.2) is 4.79 Å². The van der Waals surface area contributed by atoms with Crippen LogP contribution in [-0.4, -0.2) is 60.8 Å². The molecule has 1 saturated heterocycles. The van der Waals surface area contributed by atoms with Gasteiger partial charge in [-0.3, -0.25) is 4.90 Å². The van der Waals surface area contributed by atoms with Crippen molar-refractivity contribution < 1.29 is 14.3 Å². The highest BCUT2D eigenvalue weighted by Gasteiger charge is 2.25. The lowest BCUT2D eigenvalue weighted by molar-refractivity contribution is 0.0137. The molecule has 1 heterocycles. The number of benzene rings is 2. The molecule has 0 aromatic heterocycles. The summed E-state index contributed by atoms with van der Waals surface area (Å²) in [6, 6.07) is 16.2. The predicted octanol–water partition coefficient (Wildman–Crippen LogP) is 3.79. The maximum absolute atomic E-state index is 12.1. The standard InChI is InChI=1S/C24H33N3O3/c1-24(2,3)30-23(28)27-14-12-26(13-15-27)16-17-29-22-10-6-20(7-11-22)18-19-4-8-21(25)9-5-19/h4-11H,12-18,25H2,1-3H3. The summed E-state index contributed by atoms with van der Waals surface area (Å²) in [5.74, 6) is 0.878. The maximum Gasteiger partial charge on any atom is 0.410 e. The minimum absolute atomic E-state index is 0.225. The lowest BCUT2D eigenvalue weighted by Gasteiger charge is -2.35. The zero-order valence-electron chi connectivity index (χ0n) is 18.3. The second kappa shape index (κ2) is 9.85. The van der Waals surface area contributed by atoms with E-state index in [4.69, 9.17) is 15.2 Å². The normalized spacial score (nSPS) is 15.1. The van der Waals surface area contributed by atoms with Gasteiger partial charge in [0.1, 0.15) is 18.0 Å². The molecule has 0 saturated carbocycles. The van der Waals surface area contributed by atoms with Crippen LogP contribution in [0.4, 0.5) is 10.5 Å². The van der Waals surface area contributed by atoms with Gasteiger partial charge < -0.3 is 20.1 Å². The summed E-state index contributed by atoms with van der Waals surface area (Å²) >= 11 is 0. The van der Waals surface area contributed by atoms with Gasteiger partial charge in [-0.2, -0.15) is 0 Å². The van der Waals surface area contributed by atoms with E-state index in [1.54, 1.807) is 4.90 Å². The number of carbonyl (C=O) groups is 1. The number of ether oxygens (including phenoxy) is 2. The number of nitrogen functional groups attached to an aromatic ring is 1. The molecule has 1 amide bonds. The lowest BCUT2D eigenvalue weighted by atomic mass is 10.0. The molecule has 1 fully saturated rings. The SMILES string of the molecule is CC(C)(C)OC(=O)N1CCN(CCOc2ccc(Cc3ccc(N)cc3)cc2)CC1. The second-order valence-corrected chi connectivity index (χ2v) is 8.72. The molecule has 162 valence electrons. The van der Waals surface area contributed by atoms with Gasteiger partial charge in [0.15, 0.2) is 0 Å². The summed E-state index contributed by atoms with van der Waals surface area (Å²) in [7, 11) is 0. The van der Waals surface area contributed by atoms with Crippen LogP contribution in [0.1, 0.15) is 31.9 Å². The summed E-state index contributed by atoms with van der Waals surface area (Å²) in [6.07, 6.45) is 0.653. The first kappa shape index (κ1) is 22.0. The van der Waals surface area contributed by atoms with E-state index in [-0.39, 0.29) is 6.09 Å². The van der Waals surface area contributed by atoms with Crippen molar-refractivity contribution in [2.75, 3.05) is 45.1 Å². The Morgan fingerprint density at radius 3 is 2.07 bits per heavy atom. The van der Waals surface area contributed by atoms with E-state index >= 15 is 0 Å². The smallest absolute Gasteiger partial charge is 0.410 e. The van der Waals surface area contributed by atoms with Crippen LogP contribution in [0.15, 0.2) is 48.5 Å². The van der Waals surface area contributed by atoms with E-state index in [9.17, 15) is 4.79 Å². The van der Waals surface area contributed by atoms with Gasteiger partial charge in [0.2, 0.25) is 0 Å². The molecular formula is C24H33N3O3. The van der Waals surface area contributed by atoms with Crippen LogP contribution in [0.3, 0.4) is 0 Å². The summed E-state index contributed by atoms with van der Waals surface area (Å²) in [6.45, 7) is 10.2. The van der Waals surface area contributed by atoms with Gasteiger partial charge in [-0.05, 0) is 62.6 Å². The first-order valence-electron chi connectivity index (χ1n) is 10.5. The number of anilines is 1. The number of hydrogen-bond donors (Lipinski definition) is 1. The molecule has 0 unspecified atom stereocenters. The van der Waals surface area contributed by atoms with Gasteiger partial charge in [0, 0.05) is 38.4 Å². The van der Waals surface area contributed by atoms with Crippen LogP contribution in [-0.2, 0) is 11.2 Å². The number of amides is 1. The third kappa shape index (κ3) is 6.95. The average Bonchev–Trinajstić information content (AvgIpc) is 2.70. The Morgan fingerprint density at radius 1 is 0.933 bits per heavy atom. The largest absolute Gasteiger partial charge is 0.492 e. The van der Waals surface area contributed by atoms with Gasteiger partial charge in [0.05, 0.1) is 0 Å². The molecular weight excluding hydrogens is 378 g/mol. The number of hydrogen-bond acceptors (Lipinski definition) is 5. The fourth-order valence-electron chi connectivity index (χ4n) is 3.35. The van der Waals surface area contributed by atoms with E-state index in [0.29, 0.717) is 19.7 Å². The molecule has 0 spiro atoms. The van der Waals surface area contributed by atoms with Crippen molar-refractivity contribution in [1.82, 2.24) is 9.80 Å². The lowest BCUT2D eigenvalue weighted by Crippen LogP contribution is -2.50. The van der Waals surface area contributed by atoms with Crippen LogP contribution in [0.25, 0.3) is 0 Å². The van der Waals surface area contributed by atoms with Crippen molar-refractivity contribution in [3.8, 4) is 5.75 Å². The van der Waals surface area contributed by atoms with Crippen molar-refractivity contribution in [2.45, 2.75) is 32.8 Å². The molecule has 2 N–H and O–H groups in total. The van der Waals surface area contributed by atoms with Crippen molar-refractivity contribution in [3.05, 3.63) is 59.7 Å². The van der Waals surface area contributed by atoms with Crippen LogP contribution in [0, 0.1) is 0 Å². The summed E-state index contributed by atoms with van der Waals surface area (Å²) in [4.78, 5) is 16.2. The van der Waals surface area contributed by atoms with Gasteiger partial charge in [-0.1, -0.05) is 24.3 Å². The fourth-order valence-corrected chi connectivity index (χ4v) is 3.35. The van der Waals surface area contributed by atoms with E-state index < -0.39 is 5.60 Å². The first-order chi connectivity index (χ1) is 14.3. The Labute approximate surface area is 179 Å². The first-order valence-corrected chi connectivity index (χ1v) is 10.5. The number of carbonyl (C=O) groups excluding carboxylic acids is 1. The number of piperazine rings is 1. The molecule has 6 nitrogen and oxygen atoms in total. The predicted molar refractivity (Wildman–Crippen MR) is 120 cm³/mol. The molecule has 2 aromatic rings. The Balaban J connectivity index is 1.36. The van der Waals surface area contributed by atoms with Crippen LogP contribution in [0.5, 0.6) is 5.75 Å². The van der Waals surface area contributed by atoms with Gasteiger partial charge >= 0.3 is 6.09 Å². The quantitative estimate of drug-likeness (QED) is 0.733.